The molecule has 0 aliphatic carbocycles. The second-order valence-electron chi connectivity index (χ2n) is 2.67. The summed E-state index contributed by atoms with van der Waals surface area (Å²) < 4.78 is 0. The van der Waals surface area contributed by atoms with Gasteiger partial charge in [-0.1, -0.05) is 0 Å². The van der Waals surface area contributed by atoms with Crippen molar-refractivity contribution >= 4 is 11.4 Å². The summed E-state index contributed by atoms with van der Waals surface area (Å²) in [6.07, 6.45) is 0. The smallest absolute Gasteiger partial charge is 0.388 e. The lowest BCUT2D eigenvalue weighted by atomic mass is 10.2. The first-order chi connectivity index (χ1) is 5.65. The fourth-order valence-corrected chi connectivity index (χ4v) is 0.952. The van der Waals surface area contributed by atoms with E-state index in [9.17, 15) is 5.11 Å². The van der Waals surface area contributed by atoms with E-state index in [-0.39, 0.29) is 5.75 Å². The number of diazo groups is 1. The van der Waals surface area contributed by atoms with Crippen molar-refractivity contribution in [2.45, 2.75) is 0 Å². The van der Waals surface area contributed by atoms with Gasteiger partial charge in [-0.25, -0.2) is 0 Å². The molecule has 1 rings (SSSR count). The van der Waals surface area contributed by atoms with Gasteiger partial charge in [-0.05, 0) is 6.07 Å². The Hall–Kier alpha value is -1.76. The zero-order chi connectivity index (χ0) is 9.14. The quantitative estimate of drug-likeness (QED) is 0.645. The van der Waals surface area contributed by atoms with E-state index < -0.39 is 0 Å². The summed E-state index contributed by atoms with van der Waals surface area (Å²) >= 11 is 0. The summed E-state index contributed by atoms with van der Waals surface area (Å²) in [6, 6.07) is 4.70. The van der Waals surface area contributed by atoms with E-state index in [0.29, 0.717) is 11.4 Å². The molecule has 1 aromatic carbocycles. The van der Waals surface area contributed by atoms with Crippen LogP contribution in [0.4, 0.5) is 11.4 Å². The first-order valence-corrected chi connectivity index (χ1v) is 3.50. The van der Waals surface area contributed by atoms with Crippen LogP contribution in [-0.4, -0.2) is 19.2 Å². The van der Waals surface area contributed by atoms with E-state index in [1.54, 1.807) is 17.0 Å². The Morgan fingerprint density at radius 1 is 1.42 bits per heavy atom. The second kappa shape index (κ2) is 3.09. The van der Waals surface area contributed by atoms with E-state index in [0.717, 1.165) is 0 Å². The molecule has 0 atom stereocenters. The van der Waals surface area contributed by atoms with Crippen LogP contribution < -0.4 is 4.90 Å². The van der Waals surface area contributed by atoms with Crippen LogP contribution in [-0.2, 0) is 0 Å². The number of anilines is 1. The van der Waals surface area contributed by atoms with Crippen LogP contribution in [0, 0.1) is 5.39 Å². The summed E-state index contributed by atoms with van der Waals surface area (Å²) in [5.41, 5.74) is 1.04. The zero-order valence-electron chi connectivity index (χ0n) is 7.02. The molecule has 4 nitrogen and oxygen atoms in total. The van der Waals surface area contributed by atoms with Gasteiger partial charge in [0.25, 0.3) is 0 Å². The second-order valence-corrected chi connectivity index (χ2v) is 2.67. The van der Waals surface area contributed by atoms with Crippen molar-refractivity contribution in [2.24, 2.45) is 0 Å². The average molecular weight is 164 g/mol. The molecule has 62 valence electrons. The molecule has 0 aliphatic rings. The number of hydrogen-bond acceptors (Lipinski definition) is 3. The third-order valence-corrected chi connectivity index (χ3v) is 1.56. The SMILES string of the molecule is CN(C)c1ccc([N+]#N)cc1O. The standard InChI is InChI=1S/C8H9N3O/c1-11(2)7-4-3-6(10-9)5-8(7)12/h3-5H,1-2H3/p+1. The summed E-state index contributed by atoms with van der Waals surface area (Å²) in [5.74, 6) is 0.107. The monoisotopic (exact) mass is 164 g/mol. The Balaban J connectivity index is 3.14. The van der Waals surface area contributed by atoms with Crippen LogP contribution in [0.25, 0.3) is 4.98 Å². The highest BCUT2D eigenvalue weighted by atomic mass is 16.3. The number of aromatic hydroxyl groups is 1. The molecule has 12 heavy (non-hydrogen) atoms. The Kier molecular flexibility index (Phi) is 2.15. The van der Waals surface area contributed by atoms with E-state index in [1.807, 2.05) is 14.1 Å². The predicted molar refractivity (Wildman–Crippen MR) is 47.2 cm³/mol. The van der Waals surface area contributed by atoms with Gasteiger partial charge in [0.1, 0.15) is 5.75 Å². The number of phenolic OH excluding ortho intramolecular Hbond substituents is 1. The Morgan fingerprint density at radius 2 is 2.08 bits per heavy atom. The van der Waals surface area contributed by atoms with Gasteiger partial charge in [-0.2, -0.15) is 0 Å². The predicted octanol–water partition coefficient (Wildman–Crippen LogP) is 1.94. The minimum atomic E-state index is 0.107. The molecule has 0 bridgehead atoms. The summed E-state index contributed by atoms with van der Waals surface area (Å²) in [7, 11) is 3.65. The molecule has 0 spiro atoms. The van der Waals surface area contributed by atoms with Crippen LogP contribution in [0.2, 0.25) is 0 Å². The van der Waals surface area contributed by atoms with Crippen molar-refractivity contribution in [3.63, 3.8) is 0 Å². The van der Waals surface area contributed by atoms with Crippen LogP contribution in [0.3, 0.4) is 0 Å². The van der Waals surface area contributed by atoms with E-state index >= 15 is 0 Å². The fourth-order valence-electron chi connectivity index (χ4n) is 0.952. The van der Waals surface area contributed by atoms with E-state index in [4.69, 9.17) is 5.39 Å². The summed E-state index contributed by atoms with van der Waals surface area (Å²) in [6.45, 7) is 0. The van der Waals surface area contributed by atoms with Crippen molar-refractivity contribution in [1.29, 1.82) is 5.39 Å². The van der Waals surface area contributed by atoms with Crippen molar-refractivity contribution in [3.05, 3.63) is 23.2 Å². The number of rotatable bonds is 1. The van der Waals surface area contributed by atoms with Gasteiger partial charge in [0.15, 0.2) is 4.98 Å². The maximum absolute atomic E-state index is 9.38. The molecular formula is C8H10N3O+. The minimum Gasteiger partial charge on any atom is -0.505 e. The topological polar surface area (TPSA) is 51.6 Å². The molecule has 0 fully saturated rings. The highest BCUT2D eigenvalue weighted by Gasteiger charge is 2.09. The number of hydrogen-bond donors (Lipinski definition) is 1. The average Bonchev–Trinajstić information content (AvgIpc) is 2.03. The summed E-state index contributed by atoms with van der Waals surface area (Å²) in [5, 5.41) is 17.8. The Morgan fingerprint density at radius 3 is 2.50 bits per heavy atom. The van der Waals surface area contributed by atoms with Gasteiger partial charge in [-0.15, -0.1) is 0 Å². The number of nitrogens with zero attached hydrogens (tertiary/aromatic N) is 3. The van der Waals surface area contributed by atoms with Crippen molar-refractivity contribution in [1.82, 2.24) is 0 Å². The van der Waals surface area contributed by atoms with Gasteiger partial charge in [-0.3, -0.25) is 0 Å². The van der Waals surface area contributed by atoms with Crippen LogP contribution in [0.5, 0.6) is 5.75 Å². The third-order valence-electron chi connectivity index (χ3n) is 1.56. The molecule has 0 heterocycles. The largest absolute Gasteiger partial charge is 0.505 e. The van der Waals surface area contributed by atoms with Crippen molar-refractivity contribution in [3.8, 4) is 5.75 Å². The Labute approximate surface area is 70.7 Å². The molecule has 0 saturated heterocycles. The highest BCUT2D eigenvalue weighted by molar-refractivity contribution is 5.63. The maximum Gasteiger partial charge on any atom is 0.388 e. The molecule has 0 saturated carbocycles. The molecular weight excluding hydrogens is 154 g/mol. The number of benzene rings is 1. The molecule has 0 aliphatic heterocycles. The maximum atomic E-state index is 9.38. The lowest BCUT2D eigenvalue weighted by Crippen LogP contribution is -2.08. The van der Waals surface area contributed by atoms with E-state index in [2.05, 4.69) is 4.98 Å². The molecule has 1 N–H and O–H groups in total. The van der Waals surface area contributed by atoms with Gasteiger partial charge < -0.3 is 10.0 Å². The number of phenols is 1. The molecule has 0 unspecified atom stereocenters. The van der Waals surface area contributed by atoms with Crippen molar-refractivity contribution < 1.29 is 5.11 Å². The van der Waals surface area contributed by atoms with Gasteiger partial charge in [0.2, 0.25) is 5.39 Å². The normalized spacial score (nSPS) is 9.08. The first-order valence-electron chi connectivity index (χ1n) is 3.50. The summed E-state index contributed by atoms with van der Waals surface area (Å²) in [4.78, 5) is 4.73. The lowest BCUT2D eigenvalue weighted by molar-refractivity contribution is 0.476. The molecule has 1 aromatic rings. The van der Waals surface area contributed by atoms with Gasteiger partial charge in [0, 0.05) is 20.2 Å². The molecule has 0 aromatic heterocycles. The molecule has 0 amide bonds. The zero-order valence-corrected chi connectivity index (χ0v) is 7.02. The van der Waals surface area contributed by atoms with Crippen LogP contribution in [0.1, 0.15) is 0 Å². The lowest BCUT2D eigenvalue weighted by Gasteiger charge is -2.12. The van der Waals surface area contributed by atoms with Gasteiger partial charge in [0.05, 0.1) is 11.8 Å². The first kappa shape index (κ1) is 8.34. The van der Waals surface area contributed by atoms with Gasteiger partial charge >= 0.3 is 5.69 Å². The van der Waals surface area contributed by atoms with Crippen LogP contribution >= 0.6 is 0 Å². The minimum absolute atomic E-state index is 0.107. The van der Waals surface area contributed by atoms with Crippen LogP contribution in [0.15, 0.2) is 18.2 Å². The Bertz CT molecular complexity index is 328. The fraction of sp³-hybridized carbons (Fsp3) is 0.250. The van der Waals surface area contributed by atoms with Crippen molar-refractivity contribution in [2.75, 3.05) is 19.0 Å². The molecule has 0 radical (unpaired) electrons. The molecule has 4 heteroatoms. The third kappa shape index (κ3) is 1.45. The van der Waals surface area contributed by atoms with E-state index in [1.165, 1.54) is 6.07 Å². The highest BCUT2D eigenvalue weighted by Crippen LogP contribution is 2.29.